The van der Waals surface area contributed by atoms with E-state index in [9.17, 15) is 0 Å². The van der Waals surface area contributed by atoms with Crippen molar-refractivity contribution in [3.8, 4) is 5.88 Å². The van der Waals surface area contributed by atoms with Gasteiger partial charge in [-0.25, -0.2) is 5.10 Å². The van der Waals surface area contributed by atoms with E-state index >= 15 is 0 Å². The monoisotopic (exact) mass is 356 g/mol. The molecule has 3 rings (SSSR count). The fraction of sp³-hybridized carbons (Fsp3) is 0.571. The van der Waals surface area contributed by atoms with Gasteiger partial charge in [-0.05, 0) is 31.4 Å². The summed E-state index contributed by atoms with van der Waals surface area (Å²) in [4.78, 5) is 2.54. The van der Waals surface area contributed by atoms with Crippen molar-refractivity contribution in [3.05, 3.63) is 47.2 Å². The first-order valence-corrected chi connectivity index (χ1v) is 9.85. The van der Waals surface area contributed by atoms with Crippen LogP contribution in [0.1, 0.15) is 50.4 Å². The number of ether oxygens (including phenoxy) is 1. The van der Waals surface area contributed by atoms with Crippen molar-refractivity contribution in [2.75, 3.05) is 19.7 Å². The molecule has 5 nitrogen and oxygen atoms in total. The maximum atomic E-state index is 5.66. The molecule has 2 N–H and O–H groups in total. The Kier molecular flexibility index (Phi) is 6.69. The summed E-state index contributed by atoms with van der Waals surface area (Å²) in [5.41, 5.74) is 3.68. The predicted octanol–water partition coefficient (Wildman–Crippen LogP) is 3.36. The molecule has 2 aromatic rings. The largest absolute Gasteiger partial charge is 0.478 e. The Morgan fingerprint density at radius 2 is 1.81 bits per heavy atom. The van der Waals surface area contributed by atoms with Crippen molar-refractivity contribution in [2.45, 2.75) is 58.7 Å². The molecular weight excluding hydrogens is 324 g/mol. The third kappa shape index (κ3) is 5.58. The van der Waals surface area contributed by atoms with Gasteiger partial charge in [0.1, 0.15) is 0 Å². The molecule has 0 aliphatic carbocycles. The SMILES string of the molecule is CCCCOc1cc(Cc2ccc(CN3C[C@@H](C)N[C@@H](C)C3)cc2)n[nH]1. The number of unbranched alkanes of at least 4 members (excludes halogenated alkanes) is 1. The van der Waals surface area contributed by atoms with Crippen LogP contribution in [0.5, 0.6) is 5.88 Å². The van der Waals surface area contributed by atoms with Crippen LogP contribution in [-0.4, -0.2) is 46.9 Å². The minimum absolute atomic E-state index is 0.562. The van der Waals surface area contributed by atoms with Gasteiger partial charge in [0.15, 0.2) is 0 Å². The van der Waals surface area contributed by atoms with Gasteiger partial charge in [-0.2, -0.15) is 5.10 Å². The zero-order valence-corrected chi connectivity index (χ0v) is 16.3. The van der Waals surface area contributed by atoms with Crippen LogP contribution in [0.3, 0.4) is 0 Å². The number of hydrogen-bond acceptors (Lipinski definition) is 4. The summed E-state index contributed by atoms with van der Waals surface area (Å²) >= 11 is 0. The molecule has 1 fully saturated rings. The number of nitrogens with one attached hydrogen (secondary N) is 2. The zero-order valence-electron chi connectivity index (χ0n) is 16.3. The van der Waals surface area contributed by atoms with Crippen molar-refractivity contribution in [1.29, 1.82) is 0 Å². The molecule has 1 aliphatic heterocycles. The van der Waals surface area contributed by atoms with E-state index < -0.39 is 0 Å². The Morgan fingerprint density at radius 3 is 2.50 bits per heavy atom. The van der Waals surface area contributed by atoms with Gasteiger partial charge in [-0.1, -0.05) is 37.6 Å². The minimum Gasteiger partial charge on any atom is -0.478 e. The Labute approximate surface area is 157 Å². The Morgan fingerprint density at radius 1 is 1.12 bits per heavy atom. The lowest BCUT2D eigenvalue weighted by Crippen LogP contribution is -2.53. The molecule has 5 heteroatoms. The molecule has 2 heterocycles. The first kappa shape index (κ1) is 18.9. The Bertz CT molecular complexity index is 657. The number of H-pyrrole nitrogens is 1. The number of piperazine rings is 1. The molecule has 1 saturated heterocycles. The van der Waals surface area contributed by atoms with Gasteiger partial charge < -0.3 is 10.1 Å². The summed E-state index contributed by atoms with van der Waals surface area (Å²) in [6.45, 7) is 10.7. The fourth-order valence-electron chi connectivity index (χ4n) is 3.63. The topological polar surface area (TPSA) is 53.2 Å². The van der Waals surface area contributed by atoms with E-state index in [0.29, 0.717) is 12.1 Å². The van der Waals surface area contributed by atoms with Gasteiger partial charge in [0.05, 0.1) is 12.3 Å². The second-order valence-corrected chi connectivity index (χ2v) is 7.58. The summed E-state index contributed by atoms with van der Waals surface area (Å²) < 4.78 is 5.66. The Balaban J connectivity index is 1.51. The van der Waals surface area contributed by atoms with Crippen LogP contribution in [0.15, 0.2) is 30.3 Å². The van der Waals surface area contributed by atoms with Crippen molar-refractivity contribution < 1.29 is 4.74 Å². The van der Waals surface area contributed by atoms with Crippen LogP contribution in [0.25, 0.3) is 0 Å². The van der Waals surface area contributed by atoms with E-state index in [2.05, 4.69) is 65.5 Å². The van der Waals surface area contributed by atoms with Gasteiger partial charge in [-0.3, -0.25) is 4.90 Å². The molecule has 1 aromatic carbocycles. The summed E-state index contributed by atoms with van der Waals surface area (Å²) in [7, 11) is 0. The van der Waals surface area contributed by atoms with E-state index in [1.54, 1.807) is 0 Å². The normalized spacial score (nSPS) is 21.0. The second-order valence-electron chi connectivity index (χ2n) is 7.58. The average molecular weight is 357 g/mol. The molecule has 1 aromatic heterocycles. The zero-order chi connectivity index (χ0) is 18.4. The molecule has 0 amide bonds. The number of rotatable bonds is 8. The van der Waals surface area contributed by atoms with E-state index in [0.717, 1.165) is 57.1 Å². The van der Waals surface area contributed by atoms with Gasteiger partial charge in [0, 0.05) is 44.2 Å². The van der Waals surface area contributed by atoms with E-state index in [1.165, 1.54) is 11.1 Å². The lowest BCUT2D eigenvalue weighted by atomic mass is 10.1. The molecule has 142 valence electrons. The van der Waals surface area contributed by atoms with E-state index in [-0.39, 0.29) is 0 Å². The quantitative estimate of drug-likeness (QED) is 0.712. The summed E-state index contributed by atoms with van der Waals surface area (Å²) in [6, 6.07) is 12.1. The van der Waals surface area contributed by atoms with Crippen LogP contribution in [-0.2, 0) is 13.0 Å². The van der Waals surface area contributed by atoms with Crippen molar-refractivity contribution in [1.82, 2.24) is 20.4 Å². The van der Waals surface area contributed by atoms with Gasteiger partial charge in [0.2, 0.25) is 5.88 Å². The van der Waals surface area contributed by atoms with E-state index in [1.807, 2.05) is 6.07 Å². The van der Waals surface area contributed by atoms with Crippen LogP contribution in [0, 0.1) is 0 Å². The standard InChI is InChI=1S/C21H32N4O/c1-4-5-10-26-21-12-20(23-24-21)11-18-6-8-19(9-7-18)15-25-13-16(2)22-17(3)14-25/h6-9,12,16-17,22H,4-5,10-11,13-15H2,1-3H3,(H,23,24)/t16-,17+. The number of hydrogen-bond donors (Lipinski definition) is 2. The van der Waals surface area contributed by atoms with Gasteiger partial charge >= 0.3 is 0 Å². The van der Waals surface area contributed by atoms with Crippen molar-refractivity contribution >= 4 is 0 Å². The lowest BCUT2D eigenvalue weighted by molar-refractivity contribution is 0.166. The lowest BCUT2D eigenvalue weighted by Gasteiger charge is -2.36. The highest BCUT2D eigenvalue weighted by atomic mass is 16.5. The molecule has 0 bridgehead atoms. The first-order chi connectivity index (χ1) is 12.6. The van der Waals surface area contributed by atoms with Crippen molar-refractivity contribution in [2.24, 2.45) is 0 Å². The van der Waals surface area contributed by atoms with Crippen molar-refractivity contribution in [3.63, 3.8) is 0 Å². The molecule has 1 aliphatic rings. The number of benzene rings is 1. The van der Waals surface area contributed by atoms with E-state index in [4.69, 9.17) is 4.74 Å². The highest BCUT2D eigenvalue weighted by Crippen LogP contribution is 2.15. The molecule has 0 saturated carbocycles. The maximum absolute atomic E-state index is 5.66. The van der Waals surface area contributed by atoms with Crippen LogP contribution < -0.4 is 10.1 Å². The third-order valence-corrected chi connectivity index (χ3v) is 4.81. The van der Waals surface area contributed by atoms with Crippen LogP contribution >= 0.6 is 0 Å². The predicted molar refractivity (Wildman–Crippen MR) is 106 cm³/mol. The summed E-state index contributed by atoms with van der Waals surface area (Å²) in [5, 5.41) is 10.9. The fourth-order valence-corrected chi connectivity index (χ4v) is 3.63. The molecular formula is C21H32N4O. The highest BCUT2D eigenvalue weighted by Gasteiger charge is 2.20. The highest BCUT2D eigenvalue weighted by molar-refractivity contribution is 5.27. The maximum Gasteiger partial charge on any atom is 0.209 e. The van der Waals surface area contributed by atoms with Gasteiger partial charge in [0.25, 0.3) is 0 Å². The molecule has 26 heavy (non-hydrogen) atoms. The van der Waals surface area contributed by atoms with Crippen LogP contribution in [0.4, 0.5) is 0 Å². The number of aromatic nitrogens is 2. The third-order valence-electron chi connectivity index (χ3n) is 4.81. The van der Waals surface area contributed by atoms with Gasteiger partial charge in [-0.15, -0.1) is 0 Å². The number of nitrogens with zero attached hydrogens (tertiary/aromatic N) is 2. The average Bonchev–Trinajstić information content (AvgIpc) is 3.03. The second kappa shape index (κ2) is 9.19. The molecule has 0 spiro atoms. The Hall–Kier alpha value is -1.85. The first-order valence-electron chi connectivity index (χ1n) is 9.85. The smallest absolute Gasteiger partial charge is 0.209 e. The number of aromatic amines is 1. The minimum atomic E-state index is 0.562. The molecule has 0 unspecified atom stereocenters. The van der Waals surface area contributed by atoms with Crippen LogP contribution in [0.2, 0.25) is 0 Å². The molecule has 2 atom stereocenters. The molecule has 0 radical (unpaired) electrons. The summed E-state index contributed by atoms with van der Waals surface area (Å²) in [5.74, 6) is 0.770. The summed E-state index contributed by atoms with van der Waals surface area (Å²) in [6.07, 6.45) is 3.04.